The van der Waals surface area contributed by atoms with Gasteiger partial charge in [0.15, 0.2) is 8.32 Å². The van der Waals surface area contributed by atoms with Crippen LogP contribution in [0, 0.1) is 0 Å². The van der Waals surface area contributed by atoms with Crippen molar-refractivity contribution in [2.45, 2.75) is 89.9 Å². The number of rotatable bonds is 7. The molecule has 0 aliphatic carbocycles. The van der Waals surface area contributed by atoms with Gasteiger partial charge >= 0.3 is 12.1 Å². The molecular weight excluding hydrogens is 597 g/mol. The molecule has 46 heavy (non-hydrogen) atoms. The number of carbonyl (C=O) groups excluding carboxylic acids is 3. The van der Waals surface area contributed by atoms with Gasteiger partial charge in [-0.15, -0.1) is 0 Å². The molecule has 1 saturated heterocycles. The molecule has 246 valence electrons. The fourth-order valence-electron chi connectivity index (χ4n) is 5.12. The van der Waals surface area contributed by atoms with Gasteiger partial charge in [0.1, 0.15) is 11.6 Å². The van der Waals surface area contributed by atoms with Crippen molar-refractivity contribution in [3.63, 3.8) is 0 Å². The van der Waals surface area contributed by atoms with Crippen LogP contribution in [0.2, 0.25) is 18.1 Å². The molecule has 0 radical (unpaired) electrons. The van der Waals surface area contributed by atoms with Gasteiger partial charge in [-0.1, -0.05) is 81.4 Å². The first-order chi connectivity index (χ1) is 21.5. The lowest BCUT2D eigenvalue weighted by molar-refractivity contribution is -0.174. The Labute approximate surface area is 274 Å². The number of esters is 1. The van der Waals surface area contributed by atoms with Crippen molar-refractivity contribution in [3.8, 4) is 11.1 Å². The lowest BCUT2D eigenvalue weighted by atomic mass is 10.0. The number of amides is 2. The fraction of sp³-hybridized carbons (Fsp3) is 0.432. The highest BCUT2D eigenvalue weighted by Crippen LogP contribution is 2.43. The van der Waals surface area contributed by atoms with Gasteiger partial charge < -0.3 is 24.1 Å². The molecule has 0 spiro atoms. The van der Waals surface area contributed by atoms with E-state index in [9.17, 15) is 14.4 Å². The Morgan fingerprint density at radius 2 is 1.37 bits per heavy atom. The quantitative estimate of drug-likeness (QED) is 0.159. The monoisotopic (exact) mass is 644 g/mol. The fourth-order valence-corrected chi connectivity index (χ4v) is 6.57. The Kier molecular flexibility index (Phi) is 10.5. The van der Waals surface area contributed by atoms with Crippen LogP contribution in [0.15, 0.2) is 84.9 Å². The smallest absolute Gasteiger partial charge is 0.410 e. The standard InChI is InChI=1S/C37H48N2O6Si/c1-35(2,3)44-34(42)39-25-15-24-37(45-46(7,8)36(4,5)6,31(26-39)38-32(40)29-18-13-10-14-19-29)43-33(41)30-22-20-28(21-23-30)27-16-11-9-12-17-27/h9-14,16-23,31H,15,24-26H2,1-8H3,(H,38,40)/t31-,37-/m1/s1. The zero-order valence-corrected chi connectivity index (χ0v) is 29.4. The van der Waals surface area contributed by atoms with Gasteiger partial charge in [-0.2, -0.15) is 0 Å². The normalized spacial score (nSPS) is 19.1. The summed E-state index contributed by atoms with van der Waals surface area (Å²) < 4.78 is 19.3. The van der Waals surface area contributed by atoms with E-state index in [4.69, 9.17) is 13.9 Å². The van der Waals surface area contributed by atoms with E-state index in [2.05, 4.69) is 39.2 Å². The van der Waals surface area contributed by atoms with Crippen LogP contribution in [0.5, 0.6) is 0 Å². The molecule has 1 aliphatic rings. The van der Waals surface area contributed by atoms with Gasteiger partial charge in [0, 0.05) is 18.5 Å². The van der Waals surface area contributed by atoms with Crippen LogP contribution in [0.1, 0.15) is 75.1 Å². The van der Waals surface area contributed by atoms with Crippen molar-refractivity contribution in [1.29, 1.82) is 0 Å². The number of benzene rings is 3. The van der Waals surface area contributed by atoms with Crippen LogP contribution in [-0.2, 0) is 13.9 Å². The van der Waals surface area contributed by atoms with Crippen molar-refractivity contribution in [2.24, 2.45) is 0 Å². The number of likely N-dealkylation sites (tertiary alicyclic amines) is 1. The average Bonchev–Trinajstić information content (AvgIpc) is 3.15. The number of ether oxygens (including phenoxy) is 2. The van der Waals surface area contributed by atoms with Gasteiger partial charge in [0.05, 0.1) is 12.1 Å². The van der Waals surface area contributed by atoms with Crippen molar-refractivity contribution >= 4 is 26.3 Å². The second-order valence-electron chi connectivity index (χ2n) is 14.4. The van der Waals surface area contributed by atoms with E-state index >= 15 is 0 Å². The highest BCUT2D eigenvalue weighted by atomic mass is 28.4. The maximum absolute atomic E-state index is 14.0. The molecule has 8 nitrogen and oxygen atoms in total. The van der Waals surface area contributed by atoms with E-state index in [-0.39, 0.29) is 23.9 Å². The average molecular weight is 645 g/mol. The third kappa shape index (κ3) is 8.64. The summed E-state index contributed by atoms with van der Waals surface area (Å²) in [5.74, 6) is -2.48. The molecule has 3 aromatic carbocycles. The first-order valence-corrected chi connectivity index (χ1v) is 18.8. The number of nitrogens with zero attached hydrogens (tertiary/aromatic N) is 1. The van der Waals surface area contributed by atoms with Crippen LogP contribution >= 0.6 is 0 Å². The maximum Gasteiger partial charge on any atom is 0.410 e. The van der Waals surface area contributed by atoms with Gasteiger partial charge in [-0.3, -0.25) is 4.79 Å². The lowest BCUT2D eigenvalue weighted by Crippen LogP contribution is -2.64. The molecule has 3 aromatic rings. The first kappa shape index (κ1) is 34.9. The molecule has 0 saturated carbocycles. The Morgan fingerprint density at radius 1 is 0.804 bits per heavy atom. The molecule has 9 heteroatoms. The van der Waals surface area contributed by atoms with E-state index in [1.165, 1.54) is 0 Å². The van der Waals surface area contributed by atoms with Crippen molar-refractivity contribution in [3.05, 3.63) is 96.1 Å². The summed E-state index contributed by atoms with van der Waals surface area (Å²) in [5, 5.41) is 2.87. The predicted octanol–water partition coefficient (Wildman–Crippen LogP) is 8.06. The number of nitrogens with one attached hydrogen (secondary N) is 1. The van der Waals surface area contributed by atoms with Crippen LogP contribution < -0.4 is 5.32 Å². The van der Waals surface area contributed by atoms with Crippen LogP contribution in [0.3, 0.4) is 0 Å². The zero-order valence-electron chi connectivity index (χ0n) is 28.4. The second-order valence-corrected chi connectivity index (χ2v) is 19.2. The Hall–Kier alpha value is -3.95. The van der Waals surface area contributed by atoms with Gasteiger partial charge in [-0.25, -0.2) is 9.59 Å². The number of carbonyl (C=O) groups is 3. The summed E-state index contributed by atoms with van der Waals surface area (Å²) in [7, 11) is -2.63. The molecule has 1 N–H and O–H groups in total. The van der Waals surface area contributed by atoms with E-state index in [1.54, 1.807) is 41.3 Å². The third-order valence-corrected chi connectivity index (χ3v) is 13.1. The molecular formula is C37H48N2O6Si. The van der Waals surface area contributed by atoms with E-state index in [0.717, 1.165) is 11.1 Å². The summed E-state index contributed by atoms with van der Waals surface area (Å²) in [6.45, 7) is 16.3. The van der Waals surface area contributed by atoms with Crippen LogP contribution in [0.25, 0.3) is 11.1 Å². The van der Waals surface area contributed by atoms with E-state index < -0.39 is 37.8 Å². The molecule has 1 heterocycles. The summed E-state index contributed by atoms with van der Waals surface area (Å²) in [6.07, 6.45) is 0.232. The highest BCUT2D eigenvalue weighted by Gasteiger charge is 2.53. The minimum atomic E-state index is -2.63. The highest BCUT2D eigenvalue weighted by molar-refractivity contribution is 6.74. The largest absolute Gasteiger partial charge is 0.444 e. The Balaban J connectivity index is 1.76. The first-order valence-electron chi connectivity index (χ1n) is 15.9. The summed E-state index contributed by atoms with van der Waals surface area (Å²) in [4.78, 5) is 42.6. The minimum absolute atomic E-state index is 0.0301. The topological polar surface area (TPSA) is 94.2 Å². The Morgan fingerprint density at radius 3 is 1.93 bits per heavy atom. The molecule has 2 atom stereocenters. The molecule has 4 rings (SSSR count). The molecule has 1 fully saturated rings. The zero-order chi connectivity index (χ0) is 33.8. The van der Waals surface area contributed by atoms with E-state index in [0.29, 0.717) is 24.1 Å². The van der Waals surface area contributed by atoms with Gasteiger partial charge in [0.2, 0.25) is 5.79 Å². The summed E-state index contributed by atoms with van der Waals surface area (Å²) in [5.41, 5.74) is 2.10. The van der Waals surface area contributed by atoms with Crippen molar-refractivity contribution in [2.75, 3.05) is 13.1 Å². The van der Waals surface area contributed by atoms with Crippen LogP contribution in [-0.4, -0.2) is 61.7 Å². The van der Waals surface area contributed by atoms with Crippen molar-refractivity contribution < 1.29 is 28.3 Å². The maximum atomic E-state index is 14.0. The molecule has 0 bridgehead atoms. The number of hydrogen-bond acceptors (Lipinski definition) is 6. The Bertz CT molecular complexity index is 1500. The SMILES string of the molecule is CC(C)(C)OC(=O)N1CCC[C@@](OC(=O)c2ccc(-c3ccccc3)cc2)(O[Si](C)(C)C(C)(C)C)[C@H](NC(=O)c2ccccc2)C1. The molecule has 1 aliphatic heterocycles. The van der Waals surface area contributed by atoms with Gasteiger partial charge in [-0.05, 0) is 80.7 Å². The number of hydrogen-bond donors (Lipinski definition) is 1. The second kappa shape index (κ2) is 13.8. The van der Waals surface area contributed by atoms with E-state index in [1.807, 2.05) is 69.3 Å². The molecule has 0 aromatic heterocycles. The van der Waals surface area contributed by atoms with Crippen molar-refractivity contribution in [1.82, 2.24) is 10.2 Å². The van der Waals surface area contributed by atoms with Crippen LogP contribution in [0.4, 0.5) is 4.79 Å². The third-order valence-electron chi connectivity index (χ3n) is 8.61. The molecule has 0 unspecified atom stereocenters. The molecule has 2 amide bonds. The predicted molar refractivity (Wildman–Crippen MR) is 183 cm³/mol. The van der Waals surface area contributed by atoms with Gasteiger partial charge in [0.25, 0.3) is 5.91 Å². The summed E-state index contributed by atoms with van der Waals surface area (Å²) in [6, 6.07) is 25.1. The summed E-state index contributed by atoms with van der Waals surface area (Å²) >= 11 is 0. The lowest BCUT2D eigenvalue weighted by Gasteiger charge is -2.47. The minimum Gasteiger partial charge on any atom is -0.444 e.